The van der Waals surface area contributed by atoms with Crippen LogP contribution in [0, 0.1) is 5.92 Å². The van der Waals surface area contributed by atoms with Crippen molar-refractivity contribution in [1.82, 2.24) is 4.90 Å². The van der Waals surface area contributed by atoms with Crippen LogP contribution in [0.25, 0.3) is 0 Å². The van der Waals surface area contributed by atoms with Crippen LogP contribution >= 0.6 is 11.8 Å². The smallest absolute Gasteiger partial charge is 0.266 e. The van der Waals surface area contributed by atoms with Gasteiger partial charge in [-0.25, -0.2) is 0 Å². The van der Waals surface area contributed by atoms with Crippen LogP contribution in [0.2, 0.25) is 0 Å². The lowest BCUT2D eigenvalue weighted by molar-refractivity contribution is -0.158. The molecule has 0 aliphatic carbocycles. The first-order valence-corrected chi connectivity index (χ1v) is 6.84. The minimum absolute atomic E-state index is 0.125. The molecule has 5 N–H and O–H groups in total. The lowest BCUT2D eigenvalue weighted by atomic mass is 9.83. The molecule has 2 rings (SSSR count). The van der Waals surface area contributed by atoms with Crippen molar-refractivity contribution in [3.8, 4) is 0 Å². The fraction of sp³-hybridized carbons (Fsp3) is 0.636. The van der Waals surface area contributed by atoms with E-state index in [1.807, 2.05) is 0 Å². The highest BCUT2D eigenvalue weighted by molar-refractivity contribution is 8.03. The number of fused-ring (bicyclic) bond motifs is 1. The lowest BCUT2D eigenvalue weighted by Crippen LogP contribution is -2.62. The predicted octanol–water partition coefficient (Wildman–Crippen LogP) is -1.01. The van der Waals surface area contributed by atoms with E-state index in [0.717, 1.165) is 4.91 Å². The number of aliphatic hydroxyl groups excluding tert-OH is 1. The number of β-lactam (4-membered cyclic amide) rings is 1. The summed E-state index contributed by atoms with van der Waals surface area (Å²) in [5, 5.41) is 9.57. The molecule has 2 aliphatic heterocycles. The van der Waals surface area contributed by atoms with Crippen molar-refractivity contribution < 1.29 is 14.7 Å². The number of nitrogens with two attached hydrogens (primary N) is 2. The highest BCUT2D eigenvalue weighted by atomic mass is 32.2. The Morgan fingerprint density at radius 2 is 2.33 bits per heavy atom. The molecule has 3 unspecified atom stereocenters. The lowest BCUT2D eigenvalue weighted by Gasteiger charge is -2.44. The molecule has 1 saturated heterocycles. The number of carbonyl (C=O) groups is 2. The van der Waals surface area contributed by atoms with E-state index in [1.165, 1.54) is 16.7 Å². The number of rotatable bonds is 5. The van der Waals surface area contributed by atoms with Gasteiger partial charge in [0.25, 0.3) is 5.91 Å². The van der Waals surface area contributed by atoms with E-state index in [1.54, 1.807) is 6.92 Å². The molecule has 0 aromatic rings. The minimum Gasteiger partial charge on any atom is -0.393 e. The van der Waals surface area contributed by atoms with Gasteiger partial charge in [-0.1, -0.05) is 0 Å². The number of aliphatic hydroxyl groups is 1. The molecular weight excluding hydrogens is 254 g/mol. The van der Waals surface area contributed by atoms with E-state index in [2.05, 4.69) is 0 Å². The summed E-state index contributed by atoms with van der Waals surface area (Å²) in [6.07, 6.45) is -0.115. The van der Waals surface area contributed by atoms with Gasteiger partial charge in [-0.05, 0) is 6.92 Å². The van der Waals surface area contributed by atoms with Gasteiger partial charge in [0.05, 0.1) is 18.1 Å². The third-order valence-corrected chi connectivity index (χ3v) is 4.46. The monoisotopic (exact) mass is 271 g/mol. The summed E-state index contributed by atoms with van der Waals surface area (Å²) in [6, 6.07) is -0.125. The molecule has 2 heterocycles. The molecule has 0 aromatic heterocycles. The first-order valence-electron chi connectivity index (χ1n) is 5.86. The standard InChI is InChI=1S/C11H17N3O3S/c1-5(15)8-6-4-7(18-3-2-12)9(10(13)16)14(6)11(8)17/h5-6,8,15H,2-4,12H2,1H3,(H2,13,16). The van der Waals surface area contributed by atoms with Crippen LogP contribution in [0.1, 0.15) is 13.3 Å². The normalized spacial score (nSPS) is 28.2. The first kappa shape index (κ1) is 13.4. The molecule has 2 aliphatic rings. The maximum Gasteiger partial charge on any atom is 0.266 e. The zero-order valence-electron chi connectivity index (χ0n) is 10.1. The largest absolute Gasteiger partial charge is 0.393 e. The van der Waals surface area contributed by atoms with E-state index in [9.17, 15) is 14.7 Å². The summed E-state index contributed by atoms with van der Waals surface area (Å²) in [6.45, 7) is 2.09. The summed E-state index contributed by atoms with van der Waals surface area (Å²) >= 11 is 1.46. The molecule has 7 heteroatoms. The summed E-state index contributed by atoms with van der Waals surface area (Å²) in [5.41, 5.74) is 11.1. The number of carbonyl (C=O) groups excluding carboxylic acids is 2. The second kappa shape index (κ2) is 4.91. The first-order chi connectivity index (χ1) is 8.49. The second-order valence-corrected chi connectivity index (χ2v) is 5.71. The van der Waals surface area contributed by atoms with Crippen LogP contribution in [-0.2, 0) is 9.59 Å². The summed E-state index contributed by atoms with van der Waals surface area (Å²) in [5.74, 6) is -0.544. The van der Waals surface area contributed by atoms with Crippen LogP contribution in [0.4, 0.5) is 0 Å². The highest BCUT2D eigenvalue weighted by Gasteiger charge is 2.56. The molecule has 0 radical (unpaired) electrons. The topological polar surface area (TPSA) is 110 Å². The number of primary amides is 1. The Kier molecular flexibility index (Phi) is 3.65. The van der Waals surface area contributed by atoms with Crippen molar-refractivity contribution in [2.75, 3.05) is 12.3 Å². The third kappa shape index (κ3) is 1.92. The molecule has 3 atom stereocenters. The van der Waals surface area contributed by atoms with Crippen LogP contribution in [-0.4, -0.2) is 46.3 Å². The SMILES string of the molecule is CC(O)C1C(=O)N2C(C(N)=O)=C(SCCN)CC12. The molecule has 1 fully saturated rings. The van der Waals surface area contributed by atoms with E-state index < -0.39 is 17.9 Å². The average molecular weight is 271 g/mol. The Hall–Kier alpha value is -1.05. The quantitative estimate of drug-likeness (QED) is 0.555. The van der Waals surface area contributed by atoms with Gasteiger partial charge in [-0.3, -0.25) is 9.59 Å². The van der Waals surface area contributed by atoms with E-state index in [-0.39, 0.29) is 11.9 Å². The fourth-order valence-corrected chi connectivity index (χ4v) is 3.56. The van der Waals surface area contributed by atoms with Crippen LogP contribution in [0.15, 0.2) is 10.6 Å². The Labute approximate surface area is 109 Å². The van der Waals surface area contributed by atoms with Crippen molar-refractivity contribution >= 4 is 23.6 Å². The van der Waals surface area contributed by atoms with Gasteiger partial charge in [0.2, 0.25) is 5.91 Å². The van der Waals surface area contributed by atoms with Gasteiger partial charge in [-0.15, -0.1) is 11.8 Å². The molecule has 0 saturated carbocycles. The van der Waals surface area contributed by atoms with Gasteiger partial charge < -0.3 is 21.5 Å². The van der Waals surface area contributed by atoms with Crippen molar-refractivity contribution in [2.24, 2.45) is 17.4 Å². The van der Waals surface area contributed by atoms with Crippen LogP contribution < -0.4 is 11.5 Å². The zero-order chi connectivity index (χ0) is 13.4. The van der Waals surface area contributed by atoms with E-state index >= 15 is 0 Å². The molecule has 100 valence electrons. The average Bonchev–Trinajstić information content (AvgIpc) is 2.60. The molecular formula is C11H17N3O3S. The van der Waals surface area contributed by atoms with E-state index in [4.69, 9.17) is 11.5 Å². The summed E-state index contributed by atoms with van der Waals surface area (Å²) in [4.78, 5) is 25.6. The van der Waals surface area contributed by atoms with Crippen LogP contribution in [0.3, 0.4) is 0 Å². The molecule has 2 amide bonds. The number of nitrogens with zero attached hydrogens (tertiary/aromatic N) is 1. The Balaban J connectivity index is 2.21. The van der Waals surface area contributed by atoms with Crippen molar-refractivity contribution in [3.05, 3.63) is 10.6 Å². The third-order valence-electron chi connectivity index (χ3n) is 3.32. The number of amides is 2. The van der Waals surface area contributed by atoms with Gasteiger partial charge in [0.15, 0.2) is 0 Å². The number of thioether (sulfide) groups is 1. The molecule has 0 aromatic carbocycles. The van der Waals surface area contributed by atoms with Crippen molar-refractivity contribution in [1.29, 1.82) is 0 Å². The van der Waals surface area contributed by atoms with Crippen molar-refractivity contribution in [2.45, 2.75) is 25.5 Å². The molecule has 6 nitrogen and oxygen atoms in total. The highest BCUT2D eigenvalue weighted by Crippen LogP contribution is 2.46. The maximum absolute atomic E-state index is 11.9. The summed E-state index contributed by atoms with van der Waals surface area (Å²) in [7, 11) is 0. The molecule has 0 bridgehead atoms. The second-order valence-electron chi connectivity index (χ2n) is 4.52. The molecule has 0 spiro atoms. The zero-order valence-corrected chi connectivity index (χ0v) is 10.9. The van der Waals surface area contributed by atoms with Gasteiger partial charge in [0, 0.05) is 23.6 Å². The van der Waals surface area contributed by atoms with Crippen molar-refractivity contribution in [3.63, 3.8) is 0 Å². The maximum atomic E-state index is 11.9. The van der Waals surface area contributed by atoms with Crippen LogP contribution in [0.5, 0.6) is 0 Å². The predicted molar refractivity (Wildman–Crippen MR) is 68.2 cm³/mol. The summed E-state index contributed by atoms with van der Waals surface area (Å²) < 4.78 is 0. The van der Waals surface area contributed by atoms with Gasteiger partial charge in [-0.2, -0.15) is 0 Å². The van der Waals surface area contributed by atoms with E-state index in [0.29, 0.717) is 24.4 Å². The molecule has 18 heavy (non-hydrogen) atoms. The Morgan fingerprint density at radius 1 is 1.67 bits per heavy atom. The Bertz CT molecular complexity index is 422. The number of hydrogen-bond donors (Lipinski definition) is 3. The minimum atomic E-state index is -0.702. The number of hydrogen-bond acceptors (Lipinski definition) is 5. The Morgan fingerprint density at radius 3 is 2.83 bits per heavy atom. The van der Waals surface area contributed by atoms with Gasteiger partial charge in [0.1, 0.15) is 5.70 Å². The fourth-order valence-electron chi connectivity index (χ4n) is 2.58. The van der Waals surface area contributed by atoms with Gasteiger partial charge >= 0.3 is 0 Å².